The minimum Gasteiger partial charge on any atom is -0.507 e. The van der Waals surface area contributed by atoms with E-state index in [1.165, 1.54) is 6.26 Å². The molecule has 0 atom stereocenters. The highest BCUT2D eigenvalue weighted by molar-refractivity contribution is 7.90. The molecule has 0 amide bonds. The van der Waals surface area contributed by atoms with Gasteiger partial charge in [-0.05, 0) is 50.8 Å². The van der Waals surface area contributed by atoms with Gasteiger partial charge in [-0.15, -0.1) is 0 Å². The molecule has 1 aromatic rings. The molecule has 0 saturated carbocycles. The lowest BCUT2D eigenvalue weighted by atomic mass is 9.95. The topological polar surface area (TPSA) is 54.4 Å². The van der Waals surface area contributed by atoms with Gasteiger partial charge in [0.25, 0.3) is 0 Å². The Hall–Kier alpha value is -1.55. The van der Waals surface area contributed by atoms with Gasteiger partial charge in [-0.25, -0.2) is 8.42 Å². The zero-order chi connectivity index (χ0) is 15.7. The predicted octanol–water partition coefficient (Wildman–Crippen LogP) is 3.34. The van der Waals surface area contributed by atoms with Crippen LogP contribution in [-0.4, -0.2) is 19.8 Å². The SMILES string of the molecule is C=C(C)Cc1cc(S(C)(=O)=O)c(C)c(CC(=C)C)c1O. The van der Waals surface area contributed by atoms with Crippen LogP contribution in [0.2, 0.25) is 0 Å². The van der Waals surface area contributed by atoms with E-state index >= 15 is 0 Å². The van der Waals surface area contributed by atoms with Crippen LogP contribution in [0.3, 0.4) is 0 Å². The number of sulfone groups is 1. The number of aromatic hydroxyl groups is 1. The van der Waals surface area contributed by atoms with Gasteiger partial charge in [-0.3, -0.25) is 0 Å². The van der Waals surface area contributed by atoms with E-state index in [1.54, 1.807) is 13.0 Å². The molecule has 20 heavy (non-hydrogen) atoms. The van der Waals surface area contributed by atoms with E-state index in [4.69, 9.17) is 0 Å². The van der Waals surface area contributed by atoms with Crippen molar-refractivity contribution in [2.45, 2.75) is 38.5 Å². The van der Waals surface area contributed by atoms with E-state index in [0.717, 1.165) is 11.1 Å². The number of benzene rings is 1. The van der Waals surface area contributed by atoms with Gasteiger partial charge in [0, 0.05) is 11.8 Å². The third kappa shape index (κ3) is 3.73. The largest absolute Gasteiger partial charge is 0.507 e. The van der Waals surface area contributed by atoms with E-state index < -0.39 is 9.84 Å². The molecule has 0 aliphatic heterocycles. The molecule has 1 aromatic carbocycles. The first-order valence-electron chi connectivity index (χ1n) is 6.37. The van der Waals surface area contributed by atoms with Crippen molar-refractivity contribution < 1.29 is 13.5 Å². The van der Waals surface area contributed by atoms with Crippen LogP contribution in [-0.2, 0) is 22.7 Å². The fourth-order valence-electron chi connectivity index (χ4n) is 2.22. The first kappa shape index (κ1) is 16.5. The summed E-state index contributed by atoms with van der Waals surface area (Å²) in [4.78, 5) is 0.266. The average molecular weight is 294 g/mol. The van der Waals surface area contributed by atoms with Crippen LogP contribution in [0.5, 0.6) is 5.75 Å². The van der Waals surface area contributed by atoms with E-state index in [2.05, 4.69) is 13.2 Å². The summed E-state index contributed by atoms with van der Waals surface area (Å²) >= 11 is 0. The Bertz CT molecular complexity index is 667. The molecule has 0 fully saturated rings. The Morgan fingerprint density at radius 3 is 2.10 bits per heavy atom. The molecule has 1 rings (SSSR count). The Kier molecular flexibility index (Phi) is 4.81. The lowest BCUT2D eigenvalue weighted by Crippen LogP contribution is -2.06. The molecule has 0 heterocycles. The molecular weight excluding hydrogens is 272 g/mol. The zero-order valence-corrected chi connectivity index (χ0v) is 13.4. The Morgan fingerprint density at radius 1 is 1.20 bits per heavy atom. The van der Waals surface area contributed by atoms with Crippen molar-refractivity contribution in [1.29, 1.82) is 0 Å². The van der Waals surface area contributed by atoms with E-state index in [-0.39, 0.29) is 10.6 Å². The smallest absolute Gasteiger partial charge is 0.175 e. The summed E-state index contributed by atoms with van der Waals surface area (Å²) in [5.41, 5.74) is 3.56. The van der Waals surface area contributed by atoms with Crippen LogP contribution in [0.15, 0.2) is 35.3 Å². The molecule has 0 aliphatic carbocycles. The van der Waals surface area contributed by atoms with E-state index in [9.17, 15) is 13.5 Å². The maximum Gasteiger partial charge on any atom is 0.175 e. The predicted molar refractivity (Wildman–Crippen MR) is 83.0 cm³/mol. The van der Waals surface area contributed by atoms with Crippen LogP contribution in [0.25, 0.3) is 0 Å². The first-order valence-corrected chi connectivity index (χ1v) is 8.26. The summed E-state index contributed by atoms with van der Waals surface area (Å²) < 4.78 is 23.8. The molecule has 1 N–H and O–H groups in total. The van der Waals surface area contributed by atoms with Gasteiger partial charge >= 0.3 is 0 Å². The second-order valence-electron chi connectivity index (χ2n) is 5.53. The van der Waals surface area contributed by atoms with E-state index in [0.29, 0.717) is 29.5 Å². The zero-order valence-electron chi connectivity index (χ0n) is 12.6. The molecule has 0 unspecified atom stereocenters. The Morgan fingerprint density at radius 2 is 1.70 bits per heavy atom. The fourth-order valence-corrected chi connectivity index (χ4v) is 3.25. The number of hydrogen-bond acceptors (Lipinski definition) is 3. The van der Waals surface area contributed by atoms with Crippen LogP contribution in [0, 0.1) is 6.92 Å². The number of rotatable bonds is 5. The highest BCUT2D eigenvalue weighted by Crippen LogP contribution is 2.34. The molecule has 110 valence electrons. The minimum absolute atomic E-state index is 0.154. The van der Waals surface area contributed by atoms with Crippen LogP contribution >= 0.6 is 0 Å². The third-order valence-corrected chi connectivity index (χ3v) is 4.31. The molecule has 0 aliphatic rings. The fraction of sp³-hybridized carbons (Fsp3) is 0.375. The van der Waals surface area contributed by atoms with Gasteiger partial charge in [0.15, 0.2) is 9.84 Å². The normalized spacial score (nSPS) is 11.4. The van der Waals surface area contributed by atoms with Gasteiger partial charge < -0.3 is 5.11 Å². The van der Waals surface area contributed by atoms with Gasteiger partial charge in [0.1, 0.15) is 5.75 Å². The van der Waals surface area contributed by atoms with Crippen molar-refractivity contribution in [3.63, 3.8) is 0 Å². The molecule has 0 aromatic heterocycles. The van der Waals surface area contributed by atoms with Crippen molar-refractivity contribution in [3.8, 4) is 5.75 Å². The number of phenolic OH excluding ortho intramolecular Hbond substituents is 1. The Balaban J connectivity index is 3.64. The minimum atomic E-state index is -3.34. The molecule has 0 radical (unpaired) electrons. The van der Waals surface area contributed by atoms with Crippen molar-refractivity contribution >= 4 is 9.84 Å². The second-order valence-corrected chi connectivity index (χ2v) is 7.51. The van der Waals surface area contributed by atoms with Gasteiger partial charge in [-0.1, -0.05) is 24.3 Å². The monoisotopic (exact) mass is 294 g/mol. The highest BCUT2D eigenvalue weighted by atomic mass is 32.2. The molecule has 0 spiro atoms. The summed E-state index contributed by atoms with van der Waals surface area (Å²) in [5.74, 6) is 0.154. The van der Waals surface area contributed by atoms with Crippen LogP contribution < -0.4 is 0 Å². The highest BCUT2D eigenvalue weighted by Gasteiger charge is 2.20. The maximum atomic E-state index is 11.9. The molecule has 0 saturated heterocycles. The quantitative estimate of drug-likeness (QED) is 0.847. The van der Waals surface area contributed by atoms with E-state index in [1.807, 2.05) is 13.8 Å². The van der Waals surface area contributed by atoms with Crippen molar-refractivity contribution in [2.75, 3.05) is 6.26 Å². The van der Waals surface area contributed by atoms with Crippen molar-refractivity contribution in [3.05, 3.63) is 47.1 Å². The van der Waals surface area contributed by atoms with Crippen molar-refractivity contribution in [1.82, 2.24) is 0 Å². The number of allylic oxidation sites excluding steroid dienone is 2. The average Bonchev–Trinajstić information content (AvgIpc) is 2.25. The summed E-state index contributed by atoms with van der Waals surface area (Å²) in [6.07, 6.45) is 2.10. The maximum absolute atomic E-state index is 11.9. The second kappa shape index (κ2) is 5.83. The summed E-state index contributed by atoms with van der Waals surface area (Å²) in [6, 6.07) is 1.55. The summed E-state index contributed by atoms with van der Waals surface area (Å²) in [7, 11) is -3.34. The first-order chi connectivity index (χ1) is 9.04. The molecule has 4 heteroatoms. The number of hydrogen-bond donors (Lipinski definition) is 1. The molecular formula is C16H22O3S. The van der Waals surface area contributed by atoms with Gasteiger partial charge in [0.2, 0.25) is 0 Å². The lowest BCUT2D eigenvalue weighted by molar-refractivity contribution is 0.461. The van der Waals surface area contributed by atoms with Crippen LogP contribution in [0.1, 0.15) is 30.5 Å². The molecule has 3 nitrogen and oxygen atoms in total. The molecule has 0 bridgehead atoms. The van der Waals surface area contributed by atoms with Gasteiger partial charge in [-0.2, -0.15) is 0 Å². The lowest BCUT2D eigenvalue weighted by Gasteiger charge is -2.16. The number of phenols is 1. The summed E-state index contributed by atoms with van der Waals surface area (Å²) in [6.45, 7) is 13.1. The summed E-state index contributed by atoms with van der Waals surface area (Å²) in [5, 5.41) is 10.4. The standard InChI is InChI=1S/C16H22O3S/c1-10(2)7-13-9-15(20(6,18)19)12(5)14(16(13)17)8-11(3)4/h9,17H,1,3,7-8H2,2,4-6H3. The van der Waals surface area contributed by atoms with Crippen LogP contribution in [0.4, 0.5) is 0 Å². The van der Waals surface area contributed by atoms with Crippen molar-refractivity contribution in [2.24, 2.45) is 0 Å². The Labute approximate surface area is 121 Å². The van der Waals surface area contributed by atoms with Gasteiger partial charge in [0.05, 0.1) is 4.90 Å². The third-order valence-electron chi connectivity index (χ3n) is 3.09.